The van der Waals surface area contributed by atoms with Gasteiger partial charge >= 0.3 is 0 Å². The van der Waals surface area contributed by atoms with E-state index in [4.69, 9.17) is 9.47 Å². The predicted octanol–water partition coefficient (Wildman–Crippen LogP) is 2.31. The molecule has 0 radical (unpaired) electrons. The molecular weight excluding hydrogens is 234 g/mol. The van der Waals surface area contributed by atoms with Crippen LogP contribution < -0.4 is 5.32 Å². The minimum absolute atomic E-state index is 0.310. The maximum Gasteiger partial charge on any atom is 0.0835 e. The molecule has 1 aromatic rings. The highest BCUT2D eigenvalue weighted by Gasteiger charge is 2.20. The normalized spacial score (nSPS) is 24.4. The molecule has 1 unspecified atom stereocenters. The van der Waals surface area contributed by atoms with Crippen LogP contribution in [0.5, 0.6) is 0 Å². The van der Waals surface area contributed by atoms with Crippen molar-refractivity contribution in [2.75, 3.05) is 13.2 Å². The first-order valence-corrected chi connectivity index (χ1v) is 7.22. The molecule has 94 valence electrons. The van der Waals surface area contributed by atoms with Crippen molar-refractivity contribution < 1.29 is 9.47 Å². The average Bonchev–Trinajstić information content (AvgIpc) is 2.86. The zero-order valence-corrected chi connectivity index (χ0v) is 10.8. The standard InChI is InChI=1S/C13H19NO2S/c1-2-10(1)14-7-12-3-4-13(17-12)9-16-11-5-6-15-8-11/h3-4,10-11,14H,1-2,5-9H2. The molecule has 1 aliphatic heterocycles. The molecule has 2 heterocycles. The lowest BCUT2D eigenvalue weighted by molar-refractivity contribution is 0.0331. The Morgan fingerprint density at radius 3 is 2.94 bits per heavy atom. The molecule has 0 spiro atoms. The molecule has 3 rings (SSSR count). The van der Waals surface area contributed by atoms with Crippen LogP contribution in [0.2, 0.25) is 0 Å². The molecule has 2 fully saturated rings. The fourth-order valence-corrected chi connectivity index (χ4v) is 2.86. The number of nitrogens with one attached hydrogen (secondary N) is 1. The molecular formula is C13H19NO2S. The first kappa shape index (κ1) is 11.7. The Morgan fingerprint density at radius 2 is 2.18 bits per heavy atom. The zero-order valence-electron chi connectivity index (χ0n) is 9.98. The second-order valence-electron chi connectivity index (χ2n) is 4.82. The number of rotatable bonds is 6. The summed E-state index contributed by atoms with van der Waals surface area (Å²) in [6, 6.07) is 5.18. The highest BCUT2D eigenvalue weighted by atomic mass is 32.1. The van der Waals surface area contributed by atoms with Gasteiger partial charge in [-0.25, -0.2) is 0 Å². The predicted molar refractivity (Wildman–Crippen MR) is 68.2 cm³/mol. The van der Waals surface area contributed by atoms with Gasteiger partial charge in [0, 0.05) is 28.9 Å². The van der Waals surface area contributed by atoms with E-state index in [1.165, 1.54) is 22.6 Å². The average molecular weight is 253 g/mol. The fraction of sp³-hybridized carbons (Fsp3) is 0.692. The topological polar surface area (TPSA) is 30.5 Å². The largest absolute Gasteiger partial charge is 0.379 e. The summed E-state index contributed by atoms with van der Waals surface area (Å²) in [7, 11) is 0. The number of ether oxygens (including phenoxy) is 2. The lowest BCUT2D eigenvalue weighted by Crippen LogP contribution is -2.14. The maximum atomic E-state index is 5.81. The molecule has 0 bridgehead atoms. The van der Waals surface area contributed by atoms with Gasteiger partial charge in [0.15, 0.2) is 0 Å². The number of thiophene rings is 1. The molecule has 4 heteroatoms. The summed E-state index contributed by atoms with van der Waals surface area (Å²) in [4.78, 5) is 2.74. The van der Waals surface area contributed by atoms with Crippen molar-refractivity contribution in [2.45, 2.75) is 44.6 Å². The fourth-order valence-electron chi connectivity index (χ4n) is 1.97. The van der Waals surface area contributed by atoms with Crippen LogP contribution in [0.15, 0.2) is 12.1 Å². The summed E-state index contributed by atoms with van der Waals surface area (Å²) < 4.78 is 11.1. The second kappa shape index (κ2) is 5.48. The summed E-state index contributed by atoms with van der Waals surface area (Å²) in [5.74, 6) is 0. The smallest absolute Gasteiger partial charge is 0.0835 e. The lowest BCUT2D eigenvalue weighted by atomic mass is 10.3. The number of hydrogen-bond acceptors (Lipinski definition) is 4. The third kappa shape index (κ3) is 3.52. The highest BCUT2D eigenvalue weighted by Crippen LogP contribution is 2.22. The van der Waals surface area contributed by atoms with Gasteiger partial charge < -0.3 is 14.8 Å². The van der Waals surface area contributed by atoms with Crippen molar-refractivity contribution in [1.82, 2.24) is 5.32 Å². The van der Waals surface area contributed by atoms with Gasteiger partial charge in [-0.3, -0.25) is 0 Å². The van der Waals surface area contributed by atoms with Crippen LogP contribution in [0.4, 0.5) is 0 Å². The van der Waals surface area contributed by atoms with Gasteiger partial charge in [-0.05, 0) is 31.4 Å². The van der Waals surface area contributed by atoms with E-state index < -0.39 is 0 Å². The Kier molecular flexibility index (Phi) is 3.76. The van der Waals surface area contributed by atoms with Crippen molar-refractivity contribution >= 4 is 11.3 Å². The van der Waals surface area contributed by atoms with Crippen molar-refractivity contribution in [2.24, 2.45) is 0 Å². The third-order valence-electron chi connectivity index (χ3n) is 3.21. The van der Waals surface area contributed by atoms with Gasteiger partial charge in [0.25, 0.3) is 0 Å². The molecule has 1 saturated carbocycles. The molecule has 1 aromatic heterocycles. The van der Waals surface area contributed by atoms with E-state index in [-0.39, 0.29) is 0 Å². The molecule has 3 nitrogen and oxygen atoms in total. The van der Waals surface area contributed by atoms with Crippen molar-refractivity contribution in [1.29, 1.82) is 0 Å². The monoisotopic (exact) mass is 253 g/mol. The molecule has 0 amide bonds. The van der Waals surface area contributed by atoms with Crippen LogP contribution in [-0.4, -0.2) is 25.4 Å². The van der Waals surface area contributed by atoms with Crippen LogP contribution in [0.25, 0.3) is 0 Å². The van der Waals surface area contributed by atoms with Crippen LogP contribution >= 0.6 is 11.3 Å². The van der Waals surface area contributed by atoms with Crippen LogP contribution in [0.3, 0.4) is 0 Å². The maximum absolute atomic E-state index is 5.81. The molecule has 1 aliphatic carbocycles. The van der Waals surface area contributed by atoms with Gasteiger partial charge in [-0.1, -0.05) is 0 Å². The Labute approximate surface area is 106 Å². The summed E-state index contributed by atoms with van der Waals surface area (Å²) >= 11 is 1.86. The second-order valence-corrected chi connectivity index (χ2v) is 6.07. The van der Waals surface area contributed by atoms with E-state index in [0.717, 1.165) is 38.8 Å². The summed E-state index contributed by atoms with van der Waals surface area (Å²) in [6.07, 6.45) is 4.05. The quantitative estimate of drug-likeness (QED) is 0.844. The van der Waals surface area contributed by atoms with Crippen LogP contribution in [0, 0.1) is 0 Å². The lowest BCUT2D eigenvalue weighted by Gasteiger charge is -2.07. The summed E-state index contributed by atoms with van der Waals surface area (Å²) in [5.41, 5.74) is 0. The minimum Gasteiger partial charge on any atom is -0.379 e. The molecule has 0 aromatic carbocycles. The van der Waals surface area contributed by atoms with Gasteiger partial charge in [-0.15, -0.1) is 11.3 Å². The van der Waals surface area contributed by atoms with Gasteiger partial charge in [0.2, 0.25) is 0 Å². The zero-order chi connectivity index (χ0) is 11.5. The van der Waals surface area contributed by atoms with E-state index in [1.54, 1.807) is 0 Å². The molecule has 1 N–H and O–H groups in total. The highest BCUT2D eigenvalue weighted by molar-refractivity contribution is 7.11. The number of hydrogen-bond donors (Lipinski definition) is 1. The van der Waals surface area contributed by atoms with Gasteiger partial charge in [-0.2, -0.15) is 0 Å². The molecule has 2 aliphatic rings. The van der Waals surface area contributed by atoms with Crippen molar-refractivity contribution in [3.8, 4) is 0 Å². The van der Waals surface area contributed by atoms with E-state index in [9.17, 15) is 0 Å². The first-order chi connectivity index (χ1) is 8.40. The summed E-state index contributed by atoms with van der Waals surface area (Å²) in [5, 5.41) is 3.53. The van der Waals surface area contributed by atoms with E-state index in [2.05, 4.69) is 17.4 Å². The van der Waals surface area contributed by atoms with Gasteiger partial charge in [0.05, 0.1) is 19.3 Å². The molecule has 1 saturated heterocycles. The first-order valence-electron chi connectivity index (χ1n) is 6.40. The SMILES string of the molecule is c1cc(COC2CCOC2)sc1CNC1CC1. The van der Waals surface area contributed by atoms with Crippen molar-refractivity contribution in [3.05, 3.63) is 21.9 Å². The van der Waals surface area contributed by atoms with Crippen LogP contribution in [-0.2, 0) is 22.6 Å². The Balaban J connectivity index is 1.42. The van der Waals surface area contributed by atoms with Gasteiger partial charge in [0.1, 0.15) is 0 Å². The summed E-state index contributed by atoms with van der Waals surface area (Å²) in [6.45, 7) is 3.37. The minimum atomic E-state index is 0.310. The Hall–Kier alpha value is -0.420. The van der Waals surface area contributed by atoms with Crippen molar-refractivity contribution in [3.63, 3.8) is 0 Å². The van der Waals surface area contributed by atoms with E-state index >= 15 is 0 Å². The van der Waals surface area contributed by atoms with E-state index in [1.807, 2.05) is 11.3 Å². The Bertz CT molecular complexity index is 356. The Morgan fingerprint density at radius 1 is 1.29 bits per heavy atom. The van der Waals surface area contributed by atoms with E-state index in [0.29, 0.717) is 6.10 Å². The molecule has 17 heavy (non-hydrogen) atoms. The third-order valence-corrected chi connectivity index (χ3v) is 4.27. The molecule has 1 atom stereocenters. The van der Waals surface area contributed by atoms with Crippen LogP contribution in [0.1, 0.15) is 29.0 Å².